The van der Waals surface area contributed by atoms with E-state index in [0.717, 1.165) is 11.3 Å². The minimum atomic E-state index is -3.55. The Morgan fingerprint density at radius 3 is 2.48 bits per heavy atom. The summed E-state index contributed by atoms with van der Waals surface area (Å²) >= 11 is 0. The molecular formula is C15H22N2O3S. The van der Waals surface area contributed by atoms with Crippen molar-refractivity contribution in [3.05, 3.63) is 23.8 Å². The molecule has 1 aromatic carbocycles. The molecule has 0 unspecified atom stereocenters. The van der Waals surface area contributed by atoms with Crippen LogP contribution >= 0.6 is 0 Å². The highest BCUT2D eigenvalue weighted by Gasteiger charge is 2.30. The molecule has 1 aromatic rings. The zero-order chi connectivity index (χ0) is 16.0. The first-order valence-corrected chi connectivity index (χ1v) is 8.46. The molecule has 0 aromatic heterocycles. The monoisotopic (exact) mass is 310 g/mol. The first-order chi connectivity index (χ1) is 9.51. The lowest BCUT2D eigenvalue weighted by atomic mass is 10.1. The standard InChI is InChI=1S/C15H22N2O3S/c1-10-8-12-9-13(21(19,20)16-15(3,4)5)6-7-14(12)17(10)11(2)18/h6-7,9-10,16H,8H2,1-5H3/t10-/m0/s1. The Balaban J connectivity index is 2.41. The van der Waals surface area contributed by atoms with E-state index >= 15 is 0 Å². The third-order valence-electron chi connectivity index (χ3n) is 3.36. The van der Waals surface area contributed by atoms with Crippen LogP contribution in [0.25, 0.3) is 0 Å². The Morgan fingerprint density at radius 1 is 1.33 bits per heavy atom. The van der Waals surface area contributed by atoms with Crippen LogP contribution in [0.15, 0.2) is 23.1 Å². The maximum atomic E-state index is 12.4. The third kappa shape index (κ3) is 3.27. The molecule has 116 valence electrons. The number of hydrogen-bond donors (Lipinski definition) is 1. The van der Waals surface area contributed by atoms with Crippen LogP contribution in [-0.2, 0) is 21.2 Å². The predicted molar refractivity (Wildman–Crippen MR) is 82.8 cm³/mol. The van der Waals surface area contributed by atoms with Gasteiger partial charge in [0.05, 0.1) is 4.90 Å². The Labute approximate surface area is 126 Å². The summed E-state index contributed by atoms with van der Waals surface area (Å²) in [6.45, 7) is 8.90. The number of benzene rings is 1. The zero-order valence-corrected chi connectivity index (χ0v) is 13.9. The molecule has 0 bridgehead atoms. The number of anilines is 1. The molecule has 0 aliphatic carbocycles. The molecule has 2 rings (SSSR count). The lowest BCUT2D eigenvalue weighted by Gasteiger charge is -2.22. The molecule has 0 saturated carbocycles. The van der Waals surface area contributed by atoms with Gasteiger partial charge in [0.1, 0.15) is 0 Å². The minimum absolute atomic E-state index is 0.0235. The van der Waals surface area contributed by atoms with Crippen molar-refractivity contribution in [3.63, 3.8) is 0 Å². The molecule has 1 aliphatic heterocycles. The SMILES string of the molecule is CC(=O)N1c2ccc(S(=O)(=O)NC(C)(C)C)cc2C[C@@H]1C. The maximum Gasteiger partial charge on any atom is 0.241 e. The maximum absolute atomic E-state index is 12.4. The number of nitrogens with one attached hydrogen (secondary N) is 1. The van der Waals surface area contributed by atoms with E-state index < -0.39 is 15.6 Å². The fraction of sp³-hybridized carbons (Fsp3) is 0.533. The van der Waals surface area contributed by atoms with Crippen molar-refractivity contribution >= 4 is 21.6 Å². The number of carbonyl (C=O) groups excluding carboxylic acids is 1. The highest BCUT2D eigenvalue weighted by atomic mass is 32.2. The van der Waals surface area contributed by atoms with E-state index in [0.29, 0.717) is 6.42 Å². The Hall–Kier alpha value is -1.40. The molecule has 1 heterocycles. The van der Waals surface area contributed by atoms with Crippen molar-refractivity contribution in [2.24, 2.45) is 0 Å². The smallest absolute Gasteiger partial charge is 0.241 e. The summed E-state index contributed by atoms with van der Waals surface area (Å²) in [6.07, 6.45) is 0.674. The second-order valence-corrected chi connectivity index (χ2v) is 8.27. The van der Waals surface area contributed by atoms with Crippen LogP contribution in [-0.4, -0.2) is 25.9 Å². The van der Waals surface area contributed by atoms with Crippen molar-refractivity contribution in [2.45, 2.75) is 57.5 Å². The first kappa shape index (κ1) is 16.0. The van der Waals surface area contributed by atoms with Crippen molar-refractivity contribution in [2.75, 3.05) is 4.90 Å². The Morgan fingerprint density at radius 2 is 1.95 bits per heavy atom. The van der Waals surface area contributed by atoms with Crippen molar-refractivity contribution < 1.29 is 13.2 Å². The van der Waals surface area contributed by atoms with Gasteiger partial charge in [-0.2, -0.15) is 0 Å². The van der Waals surface area contributed by atoms with Gasteiger partial charge in [-0.25, -0.2) is 13.1 Å². The van der Waals surface area contributed by atoms with Gasteiger partial charge in [0.15, 0.2) is 0 Å². The third-order valence-corrected chi connectivity index (χ3v) is 5.11. The van der Waals surface area contributed by atoms with E-state index in [4.69, 9.17) is 0 Å². The lowest BCUT2D eigenvalue weighted by Crippen LogP contribution is -2.40. The zero-order valence-electron chi connectivity index (χ0n) is 13.1. The van der Waals surface area contributed by atoms with E-state index in [-0.39, 0.29) is 16.8 Å². The second kappa shape index (κ2) is 5.10. The van der Waals surface area contributed by atoms with Crippen molar-refractivity contribution in [3.8, 4) is 0 Å². The molecule has 0 spiro atoms. The first-order valence-electron chi connectivity index (χ1n) is 6.98. The van der Waals surface area contributed by atoms with Gasteiger partial charge in [-0.05, 0) is 57.9 Å². The summed E-state index contributed by atoms with van der Waals surface area (Å²) < 4.78 is 27.3. The summed E-state index contributed by atoms with van der Waals surface area (Å²) in [7, 11) is -3.55. The van der Waals surface area contributed by atoms with Gasteiger partial charge in [0.2, 0.25) is 15.9 Å². The van der Waals surface area contributed by atoms with Gasteiger partial charge in [0.25, 0.3) is 0 Å². The predicted octanol–water partition coefficient (Wildman–Crippen LogP) is 2.06. The molecule has 6 heteroatoms. The van der Waals surface area contributed by atoms with Crippen molar-refractivity contribution in [1.29, 1.82) is 0 Å². The van der Waals surface area contributed by atoms with Gasteiger partial charge >= 0.3 is 0 Å². The van der Waals surface area contributed by atoms with Crippen molar-refractivity contribution in [1.82, 2.24) is 4.72 Å². The van der Waals surface area contributed by atoms with Crippen LogP contribution in [0.4, 0.5) is 5.69 Å². The number of carbonyl (C=O) groups is 1. The van der Waals surface area contributed by atoms with E-state index in [1.165, 1.54) is 6.92 Å². The molecule has 1 N–H and O–H groups in total. The summed E-state index contributed by atoms with van der Waals surface area (Å²) in [5.74, 6) is -0.0235. The minimum Gasteiger partial charge on any atom is -0.309 e. The number of sulfonamides is 1. The lowest BCUT2D eigenvalue weighted by molar-refractivity contribution is -0.116. The molecule has 0 saturated heterocycles. The molecule has 1 atom stereocenters. The van der Waals surface area contributed by atoms with E-state index in [1.54, 1.807) is 43.9 Å². The second-order valence-electron chi connectivity index (χ2n) is 6.59. The fourth-order valence-electron chi connectivity index (χ4n) is 2.72. The number of hydrogen-bond acceptors (Lipinski definition) is 3. The van der Waals surface area contributed by atoms with Crippen LogP contribution in [0.3, 0.4) is 0 Å². The number of rotatable bonds is 2. The van der Waals surface area contributed by atoms with Gasteiger partial charge in [0, 0.05) is 24.2 Å². The summed E-state index contributed by atoms with van der Waals surface area (Å²) in [4.78, 5) is 13.6. The van der Waals surface area contributed by atoms with Gasteiger partial charge in [-0.3, -0.25) is 4.79 Å². The molecular weight excluding hydrogens is 288 g/mol. The van der Waals surface area contributed by atoms with Crippen LogP contribution in [0, 0.1) is 0 Å². The van der Waals surface area contributed by atoms with Crippen LogP contribution in [0.5, 0.6) is 0 Å². The fourth-order valence-corrected chi connectivity index (χ4v) is 4.19. The molecule has 0 fully saturated rings. The summed E-state index contributed by atoms with van der Waals surface area (Å²) in [6, 6.07) is 5.01. The van der Waals surface area contributed by atoms with E-state index in [1.807, 2.05) is 6.92 Å². The van der Waals surface area contributed by atoms with Gasteiger partial charge < -0.3 is 4.90 Å². The van der Waals surface area contributed by atoms with Crippen LogP contribution in [0.2, 0.25) is 0 Å². The topological polar surface area (TPSA) is 66.5 Å². The van der Waals surface area contributed by atoms with Crippen LogP contribution < -0.4 is 9.62 Å². The number of fused-ring (bicyclic) bond motifs is 1. The molecule has 0 radical (unpaired) electrons. The highest BCUT2D eigenvalue weighted by molar-refractivity contribution is 7.89. The number of amides is 1. The normalized spacial score (nSPS) is 18.7. The summed E-state index contributed by atoms with van der Waals surface area (Å²) in [5.41, 5.74) is 1.18. The molecule has 1 aliphatic rings. The average Bonchev–Trinajstić information content (AvgIpc) is 2.60. The quantitative estimate of drug-likeness (QED) is 0.909. The molecule has 1 amide bonds. The summed E-state index contributed by atoms with van der Waals surface area (Å²) in [5, 5.41) is 0. The largest absolute Gasteiger partial charge is 0.309 e. The van der Waals surface area contributed by atoms with E-state index in [2.05, 4.69) is 4.72 Å². The molecule has 5 nitrogen and oxygen atoms in total. The Bertz CT molecular complexity index is 675. The van der Waals surface area contributed by atoms with Gasteiger partial charge in [-0.1, -0.05) is 0 Å². The van der Waals surface area contributed by atoms with Crippen LogP contribution in [0.1, 0.15) is 40.2 Å². The molecule has 21 heavy (non-hydrogen) atoms. The highest BCUT2D eigenvalue weighted by Crippen LogP contribution is 2.34. The Kier molecular flexibility index (Phi) is 3.88. The average molecular weight is 310 g/mol. The van der Waals surface area contributed by atoms with E-state index in [9.17, 15) is 13.2 Å². The van der Waals surface area contributed by atoms with Gasteiger partial charge in [-0.15, -0.1) is 0 Å². The number of nitrogens with zero attached hydrogens (tertiary/aromatic N) is 1.